The van der Waals surface area contributed by atoms with Crippen LogP contribution in [0.15, 0.2) is 60.7 Å². The number of amides is 2. The monoisotopic (exact) mass is 603 g/mol. The average molecular weight is 604 g/mol. The predicted octanol–water partition coefficient (Wildman–Crippen LogP) is 5.82. The first kappa shape index (κ1) is 34.4. The van der Waals surface area contributed by atoms with Gasteiger partial charge in [-0.25, -0.2) is 8.78 Å². The van der Waals surface area contributed by atoms with Crippen molar-refractivity contribution in [3.63, 3.8) is 0 Å². The Kier molecular flexibility index (Phi) is 13.1. The Bertz CT molecular complexity index is 1440. The number of benzene rings is 3. The standard InChI is InChI=1S/C36H43F2N3O3/c1-6-12-41(13-7-2)36(44)30-15-25(8-3)14-29(20-30)35(43)40-33(19-27-17-31(37)21-32(38)18-27)34(42)23-39-22-26-10-9-11-28(16-26)24(4)5/h3,9-11,14-18,20-21,24,33-34,39,42H,6-7,12-13,19,22-23H2,1-2,4-5H3,(H,40,43)/t33-,34+/m0/s1. The zero-order valence-corrected chi connectivity index (χ0v) is 26.0. The highest BCUT2D eigenvalue weighted by Gasteiger charge is 2.24. The molecule has 0 aliphatic rings. The molecule has 0 fully saturated rings. The van der Waals surface area contributed by atoms with Gasteiger partial charge in [-0.1, -0.05) is 57.9 Å². The molecule has 3 aromatic rings. The summed E-state index contributed by atoms with van der Waals surface area (Å²) in [6.07, 6.45) is 6.08. The first-order valence-corrected chi connectivity index (χ1v) is 15.2. The molecular weight excluding hydrogens is 560 g/mol. The van der Waals surface area contributed by atoms with Gasteiger partial charge < -0.3 is 20.6 Å². The maximum Gasteiger partial charge on any atom is 0.253 e. The van der Waals surface area contributed by atoms with E-state index in [1.54, 1.807) is 11.0 Å². The van der Waals surface area contributed by atoms with Gasteiger partial charge in [0.1, 0.15) is 11.6 Å². The minimum absolute atomic E-state index is 0.0342. The van der Waals surface area contributed by atoms with Crippen molar-refractivity contribution in [3.8, 4) is 12.3 Å². The Balaban J connectivity index is 1.84. The zero-order chi connectivity index (χ0) is 32.2. The number of hydrogen-bond donors (Lipinski definition) is 3. The fourth-order valence-corrected chi connectivity index (χ4v) is 5.09. The number of aliphatic hydroxyl groups excluding tert-OH is 1. The van der Waals surface area contributed by atoms with Gasteiger partial charge in [-0.05, 0) is 72.2 Å². The Morgan fingerprint density at radius 3 is 2.20 bits per heavy atom. The molecule has 0 spiro atoms. The summed E-state index contributed by atoms with van der Waals surface area (Å²) in [5, 5.41) is 17.2. The van der Waals surface area contributed by atoms with E-state index in [9.17, 15) is 23.5 Å². The Morgan fingerprint density at radius 1 is 0.932 bits per heavy atom. The van der Waals surface area contributed by atoms with Crippen molar-refractivity contribution in [2.24, 2.45) is 0 Å². The van der Waals surface area contributed by atoms with Crippen LogP contribution in [0.25, 0.3) is 0 Å². The normalized spacial score (nSPS) is 12.4. The van der Waals surface area contributed by atoms with Gasteiger partial charge in [0.25, 0.3) is 11.8 Å². The van der Waals surface area contributed by atoms with Gasteiger partial charge in [0.2, 0.25) is 0 Å². The number of nitrogens with zero attached hydrogens (tertiary/aromatic N) is 1. The maximum absolute atomic E-state index is 14.0. The second-order valence-electron chi connectivity index (χ2n) is 11.4. The van der Waals surface area contributed by atoms with E-state index in [-0.39, 0.29) is 30.0 Å². The summed E-state index contributed by atoms with van der Waals surface area (Å²) in [6.45, 7) is 9.93. The van der Waals surface area contributed by atoms with Crippen molar-refractivity contribution < 1.29 is 23.5 Å². The Labute approximate surface area is 259 Å². The smallest absolute Gasteiger partial charge is 0.253 e. The molecule has 0 saturated carbocycles. The van der Waals surface area contributed by atoms with E-state index in [4.69, 9.17) is 6.42 Å². The van der Waals surface area contributed by atoms with Gasteiger partial charge in [0, 0.05) is 48.9 Å². The summed E-state index contributed by atoms with van der Waals surface area (Å²) in [5.41, 5.74) is 3.32. The zero-order valence-electron chi connectivity index (χ0n) is 26.0. The van der Waals surface area contributed by atoms with Crippen LogP contribution in [0.3, 0.4) is 0 Å². The summed E-state index contributed by atoms with van der Waals surface area (Å²) in [7, 11) is 0. The number of hydrogen-bond acceptors (Lipinski definition) is 4. The van der Waals surface area contributed by atoms with Crippen LogP contribution < -0.4 is 10.6 Å². The number of terminal acetylenes is 1. The molecule has 8 heteroatoms. The largest absolute Gasteiger partial charge is 0.390 e. The van der Waals surface area contributed by atoms with Crippen molar-refractivity contribution in [1.82, 2.24) is 15.5 Å². The summed E-state index contributed by atoms with van der Waals surface area (Å²) in [6, 6.07) is 14.9. The lowest BCUT2D eigenvalue weighted by Gasteiger charge is -2.25. The number of halogens is 2. The first-order chi connectivity index (χ1) is 21.0. The lowest BCUT2D eigenvalue weighted by Crippen LogP contribution is -2.48. The second-order valence-corrected chi connectivity index (χ2v) is 11.4. The number of aliphatic hydroxyl groups is 1. The van der Waals surface area contributed by atoms with E-state index >= 15 is 0 Å². The molecule has 0 aliphatic heterocycles. The summed E-state index contributed by atoms with van der Waals surface area (Å²) >= 11 is 0. The Hall–Kier alpha value is -4.06. The van der Waals surface area contributed by atoms with Gasteiger partial charge >= 0.3 is 0 Å². The topological polar surface area (TPSA) is 81.7 Å². The molecule has 0 bridgehead atoms. The van der Waals surface area contributed by atoms with Crippen LogP contribution in [-0.2, 0) is 13.0 Å². The lowest BCUT2D eigenvalue weighted by molar-refractivity contribution is 0.0755. The fraction of sp³-hybridized carbons (Fsp3) is 0.389. The van der Waals surface area contributed by atoms with E-state index < -0.39 is 29.7 Å². The quantitative estimate of drug-likeness (QED) is 0.191. The highest BCUT2D eigenvalue weighted by atomic mass is 19.1. The van der Waals surface area contributed by atoms with Crippen molar-refractivity contribution in [3.05, 3.63) is 106 Å². The number of nitrogens with one attached hydrogen (secondary N) is 2. The molecule has 234 valence electrons. The summed E-state index contributed by atoms with van der Waals surface area (Å²) in [4.78, 5) is 28.6. The van der Waals surface area contributed by atoms with Gasteiger partial charge in [-0.15, -0.1) is 6.42 Å². The molecule has 0 heterocycles. The Morgan fingerprint density at radius 2 is 1.59 bits per heavy atom. The molecule has 3 N–H and O–H groups in total. The SMILES string of the molecule is C#Cc1cc(C(=O)N[C@@H](Cc2cc(F)cc(F)c2)[C@H](O)CNCc2cccc(C(C)C)c2)cc(C(=O)N(CCC)CCC)c1. The number of carbonyl (C=O) groups is 2. The predicted molar refractivity (Wildman–Crippen MR) is 170 cm³/mol. The molecular formula is C36H43F2N3O3. The van der Waals surface area contributed by atoms with Crippen LogP contribution >= 0.6 is 0 Å². The van der Waals surface area contributed by atoms with Gasteiger partial charge in [-0.2, -0.15) is 0 Å². The minimum atomic E-state index is -1.11. The van der Waals surface area contributed by atoms with E-state index in [1.165, 1.54) is 29.8 Å². The molecule has 3 rings (SSSR count). The molecule has 2 atom stereocenters. The van der Waals surface area contributed by atoms with Crippen LogP contribution in [0.5, 0.6) is 0 Å². The summed E-state index contributed by atoms with van der Waals surface area (Å²) in [5.74, 6) is 0.580. The molecule has 3 aromatic carbocycles. The minimum Gasteiger partial charge on any atom is -0.390 e. The van der Waals surface area contributed by atoms with E-state index in [1.807, 2.05) is 26.0 Å². The van der Waals surface area contributed by atoms with E-state index in [0.29, 0.717) is 36.7 Å². The third kappa shape index (κ3) is 10.0. The molecule has 2 amide bonds. The fourth-order valence-electron chi connectivity index (χ4n) is 5.09. The number of rotatable bonds is 15. The van der Waals surface area contributed by atoms with Crippen LogP contribution in [-0.4, -0.2) is 53.6 Å². The van der Waals surface area contributed by atoms with Crippen molar-refractivity contribution >= 4 is 11.8 Å². The molecule has 44 heavy (non-hydrogen) atoms. The number of carbonyl (C=O) groups excluding carboxylic acids is 2. The molecule has 0 radical (unpaired) electrons. The van der Waals surface area contributed by atoms with E-state index in [2.05, 4.69) is 42.5 Å². The molecule has 0 saturated heterocycles. The van der Waals surface area contributed by atoms with Gasteiger partial charge in [-0.3, -0.25) is 9.59 Å². The van der Waals surface area contributed by atoms with Crippen molar-refractivity contribution in [2.75, 3.05) is 19.6 Å². The van der Waals surface area contributed by atoms with Crippen molar-refractivity contribution in [1.29, 1.82) is 0 Å². The summed E-state index contributed by atoms with van der Waals surface area (Å²) < 4.78 is 28.0. The van der Waals surface area contributed by atoms with Crippen LogP contribution in [0.4, 0.5) is 8.78 Å². The van der Waals surface area contributed by atoms with Crippen LogP contribution in [0.2, 0.25) is 0 Å². The molecule has 0 aromatic heterocycles. The van der Waals surface area contributed by atoms with Crippen molar-refractivity contribution in [2.45, 2.75) is 71.6 Å². The lowest BCUT2D eigenvalue weighted by atomic mass is 9.99. The first-order valence-electron chi connectivity index (χ1n) is 15.2. The van der Waals surface area contributed by atoms with Gasteiger partial charge in [0.15, 0.2) is 0 Å². The molecule has 0 unspecified atom stereocenters. The average Bonchev–Trinajstić information content (AvgIpc) is 2.99. The van der Waals surface area contributed by atoms with Gasteiger partial charge in [0.05, 0.1) is 12.1 Å². The third-order valence-corrected chi connectivity index (χ3v) is 7.34. The van der Waals surface area contributed by atoms with E-state index in [0.717, 1.165) is 24.5 Å². The second kappa shape index (κ2) is 16.7. The molecule has 6 nitrogen and oxygen atoms in total. The third-order valence-electron chi connectivity index (χ3n) is 7.34. The highest BCUT2D eigenvalue weighted by molar-refractivity contribution is 6.00. The maximum atomic E-state index is 14.0. The highest BCUT2D eigenvalue weighted by Crippen LogP contribution is 2.17. The van der Waals surface area contributed by atoms with Crippen LogP contribution in [0, 0.1) is 24.0 Å². The molecule has 0 aliphatic carbocycles. The van der Waals surface area contributed by atoms with Crippen LogP contribution in [0.1, 0.15) is 89.4 Å².